The number of hydrogen-bond donors (Lipinski definition) is 3. The van der Waals surface area contributed by atoms with Crippen LogP contribution < -0.4 is 11.1 Å². The number of carbonyl (C=O) groups is 1. The normalized spacial score (nSPS) is 21.1. The first-order chi connectivity index (χ1) is 12.3. The lowest BCUT2D eigenvalue weighted by Gasteiger charge is -2.31. The first-order valence-electron chi connectivity index (χ1n) is 7.76. The van der Waals surface area contributed by atoms with Crippen molar-refractivity contribution < 1.29 is 4.79 Å². The van der Waals surface area contributed by atoms with Crippen LogP contribution in [0.5, 0.6) is 0 Å². The molecular weight excluding hydrogens is 536 g/mol. The van der Waals surface area contributed by atoms with Crippen LogP contribution in [0.25, 0.3) is 11.0 Å². The van der Waals surface area contributed by atoms with Gasteiger partial charge in [-0.25, -0.2) is 13.1 Å². The Morgan fingerprint density at radius 2 is 2.27 bits per heavy atom. The van der Waals surface area contributed by atoms with E-state index in [0.29, 0.717) is 0 Å². The number of amidine groups is 2. The summed E-state index contributed by atoms with van der Waals surface area (Å²) in [5.41, 5.74) is 6.89. The molecule has 2 atom stereocenters. The molecule has 0 saturated carbocycles. The highest BCUT2D eigenvalue weighted by Gasteiger charge is 2.38. The zero-order valence-electron chi connectivity index (χ0n) is 13.7. The minimum absolute atomic E-state index is 0.0479. The average molecular weight is 553 g/mol. The number of aryl methyl sites for hydroxylation is 1. The van der Waals surface area contributed by atoms with Gasteiger partial charge in [-0.15, -0.1) is 0 Å². The number of carbonyl (C=O) groups excluding carboxylic acids is 1. The fourth-order valence-corrected chi connectivity index (χ4v) is 4.08. The van der Waals surface area contributed by atoms with Gasteiger partial charge >= 0.3 is 0 Å². The van der Waals surface area contributed by atoms with Gasteiger partial charge in [0.2, 0.25) is 5.91 Å². The molecule has 3 rings (SSSR count). The van der Waals surface area contributed by atoms with Crippen LogP contribution in [0.4, 0.5) is 0 Å². The highest BCUT2D eigenvalue weighted by molar-refractivity contribution is 14.1. The van der Waals surface area contributed by atoms with E-state index in [1.165, 1.54) is 3.11 Å². The largest absolute Gasteiger partial charge is 0.385 e. The molecule has 0 fully saturated rings. The van der Waals surface area contributed by atoms with Gasteiger partial charge in [0.15, 0.2) is 17.4 Å². The first-order valence-corrected chi connectivity index (χ1v) is 9.96. The molecule has 2 heterocycles. The van der Waals surface area contributed by atoms with Crippen LogP contribution in [0, 0.1) is 5.41 Å². The topological polar surface area (TPSA) is 112 Å². The molecule has 0 radical (unpaired) electrons. The Labute approximate surface area is 177 Å². The summed E-state index contributed by atoms with van der Waals surface area (Å²) >= 11 is 11.4. The van der Waals surface area contributed by atoms with E-state index in [-0.39, 0.29) is 24.1 Å². The van der Waals surface area contributed by atoms with Gasteiger partial charge in [0.1, 0.15) is 11.7 Å². The van der Waals surface area contributed by atoms with E-state index in [4.69, 9.17) is 22.7 Å². The summed E-state index contributed by atoms with van der Waals surface area (Å²) in [4.78, 5) is 21.1. The molecule has 0 saturated heterocycles. The lowest BCUT2D eigenvalue weighted by Crippen LogP contribution is -2.56. The number of benzene rings is 1. The number of alkyl halides is 1. The fourth-order valence-electron chi connectivity index (χ4n) is 2.77. The van der Waals surface area contributed by atoms with Crippen LogP contribution >= 0.6 is 50.4 Å². The maximum Gasteiger partial charge on any atom is 0.246 e. The zero-order chi connectivity index (χ0) is 19.0. The van der Waals surface area contributed by atoms with Crippen molar-refractivity contribution in [2.75, 3.05) is 0 Å². The molecule has 0 spiro atoms. The van der Waals surface area contributed by atoms with Crippen LogP contribution in [0.2, 0.25) is 0 Å². The van der Waals surface area contributed by atoms with E-state index in [1.54, 1.807) is 0 Å². The van der Waals surface area contributed by atoms with Crippen LogP contribution in [0.1, 0.15) is 12.7 Å². The number of nitrogens with two attached hydrogens (primary N) is 1. The second-order valence-corrected chi connectivity index (χ2v) is 8.07. The number of fused-ring (bicyclic) bond motifs is 1. The quantitative estimate of drug-likeness (QED) is 0.234. The predicted molar refractivity (Wildman–Crippen MR) is 114 cm³/mol. The summed E-state index contributed by atoms with van der Waals surface area (Å²) in [6, 6.07) is 5.03. The summed E-state index contributed by atoms with van der Waals surface area (Å²) in [6.07, 6.45) is 0. The Morgan fingerprint density at radius 1 is 1.54 bits per heavy atom. The van der Waals surface area contributed by atoms with Crippen LogP contribution in [-0.4, -0.2) is 41.8 Å². The van der Waals surface area contributed by atoms with Gasteiger partial charge in [0.05, 0.1) is 17.6 Å². The Hall–Kier alpha value is -1.24. The van der Waals surface area contributed by atoms with Crippen LogP contribution in [0.15, 0.2) is 27.7 Å². The summed E-state index contributed by atoms with van der Waals surface area (Å²) in [7, 11) is 0. The number of nitrogens with one attached hydrogen (secondary N) is 2. The number of aliphatic imine (C=N–C) groups is 1. The Kier molecular flexibility index (Phi) is 5.85. The molecule has 0 bridgehead atoms. The van der Waals surface area contributed by atoms with Gasteiger partial charge in [-0.2, -0.15) is 0 Å². The summed E-state index contributed by atoms with van der Waals surface area (Å²) in [5.74, 6) is 0.373. The van der Waals surface area contributed by atoms with Crippen molar-refractivity contribution in [3.05, 3.63) is 28.5 Å². The number of amides is 1. The molecule has 1 aromatic carbocycles. The number of hydrogen-bond acceptors (Lipinski definition) is 5. The van der Waals surface area contributed by atoms with Gasteiger partial charge < -0.3 is 15.6 Å². The van der Waals surface area contributed by atoms with E-state index in [1.807, 2.05) is 52.6 Å². The summed E-state index contributed by atoms with van der Waals surface area (Å²) in [5, 5.41) is 10.5. The Morgan fingerprint density at radius 3 is 2.96 bits per heavy atom. The van der Waals surface area contributed by atoms with Crippen molar-refractivity contribution in [2.24, 2.45) is 10.7 Å². The molecule has 1 aliphatic heterocycles. The maximum absolute atomic E-state index is 12.6. The SMILES string of the molecule is CCn1c(CNC(=O)C2C(N)=NC(=N)C(Cl)N2I)nc2ccc(Br)cc21. The van der Waals surface area contributed by atoms with Crippen LogP contribution in [0.3, 0.4) is 0 Å². The number of nitrogens with zero attached hydrogens (tertiary/aromatic N) is 4. The third kappa shape index (κ3) is 3.59. The average Bonchev–Trinajstić information content (AvgIpc) is 2.94. The van der Waals surface area contributed by atoms with Crippen molar-refractivity contribution >= 4 is 79.0 Å². The highest BCUT2D eigenvalue weighted by atomic mass is 127. The second kappa shape index (κ2) is 7.79. The summed E-state index contributed by atoms with van der Waals surface area (Å²) in [6.45, 7) is 3.00. The van der Waals surface area contributed by atoms with E-state index in [2.05, 4.69) is 31.2 Å². The molecule has 8 nitrogen and oxygen atoms in total. The molecule has 0 aliphatic carbocycles. The van der Waals surface area contributed by atoms with Gasteiger partial charge in [-0.1, -0.05) is 27.5 Å². The highest BCUT2D eigenvalue weighted by Crippen LogP contribution is 2.23. The summed E-state index contributed by atoms with van der Waals surface area (Å²) < 4.78 is 4.50. The van der Waals surface area contributed by atoms with E-state index < -0.39 is 11.5 Å². The maximum atomic E-state index is 12.6. The molecule has 11 heteroatoms. The Balaban J connectivity index is 1.81. The minimum atomic E-state index is -0.833. The molecule has 1 aromatic heterocycles. The standard InChI is InChI=1S/C15H16BrClIN7O/c1-2-24-9-5-7(16)3-4-8(9)22-10(24)6-21-15(26)11-13(19)23-14(20)12(17)25(11)18/h3-5,11-12H,2,6H2,1H3,(H,21,26)(H3,19,20,23). The first kappa shape index (κ1) is 19.5. The van der Waals surface area contributed by atoms with E-state index in [9.17, 15) is 4.79 Å². The van der Waals surface area contributed by atoms with Crippen molar-refractivity contribution in [1.82, 2.24) is 18.0 Å². The molecule has 2 unspecified atom stereocenters. The van der Waals surface area contributed by atoms with Crippen molar-refractivity contribution in [1.29, 1.82) is 5.41 Å². The fraction of sp³-hybridized carbons (Fsp3) is 0.333. The smallest absolute Gasteiger partial charge is 0.246 e. The van der Waals surface area contributed by atoms with Crippen LogP contribution in [-0.2, 0) is 17.9 Å². The monoisotopic (exact) mass is 551 g/mol. The van der Waals surface area contributed by atoms with Gasteiger partial charge in [0, 0.05) is 33.9 Å². The second-order valence-electron chi connectivity index (χ2n) is 5.63. The third-order valence-corrected chi connectivity index (χ3v) is 6.35. The number of rotatable bonds is 4. The number of aromatic nitrogens is 2. The molecule has 138 valence electrons. The van der Waals surface area contributed by atoms with Gasteiger partial charge in [0.25, 0.3) is 0 Å². The molecule has 1 amide bonds. The van der Waals surface area contributed by atoms with Gasteiger partial charge in [-0.05, 0) is 25.1 Å². The molecule has 4 N–H and O–H groups in total. The van der Waals surface area contributed by atoms with E-state index >= 15 is 0 Å². The Bertz CT molecular complexity index is 915. The van der Waals surface area contributed by atoms with Gasteiger partial charge in [-0.3, -0.25) is 10.2 Å². The zero-order valence-corrected chi connectivity index (χ0v) is 18.2. The molecule has 1 aliphatic rings. The predicted octanol–water partition coefficient (Wildman–Crippen LogP) is 2.37. The van der Waals surface area contributed by atoms with Crippen molar-refractivity contribution in [2.45, 2.75) is 31.6 Å². The third-order valence-electron chi connectivity index (χ3n) is 3.99. The number of halogens is 3. The molecular formula is C15H16BrClIN7O. The van der Waals surface area contributed by atoms with Crippen molar-refractivity contribution in [3.8, 4) is 0 Å². The minimum Gasteiger partial charge on any atom is -0.385 e. The lowest BCUT2D eigenvalue weighted by atomic mass is 10.2. The lowest BCUT2D eigenvalue weighted by molar-refractivity contribution is -0.122. The van der Waals surface area contributed by atoms with Crippen molar-refractivity contribution in [3.63, 3.8) is 0 Å². The molecule has 26 heavy (non-hydrogen) atoms. The van der Waals surface area contributed by atoms with E-state index in [0.717, 1.165) is 27.9 Å². The number of imidazole rings is 1. The molecule has 2 aromatic rings.